The van der Waals surface area contributed by atoms with Gasteiger partial charge in [0.05, 0.1) is 17.6 Å². The number of aromatic nitrogens is 2. The van der Waals surface area contributed by atoms with Crippen LogP contribution in [0.3, 0.4) is 0 Å². The van der Waals surface area contributed by atoms with Crippen LogP contribution in [0.2, 0.25) is 0 Å². The van der Waals surface area contributed by atoms with Crippen LogP contribution in [0.15, 0.2) is 66.7 Å². The maximum Gasteiger partial charge on any atom is 0.255 e. The average Bonchev–Trinajstić information content (AvgIpc) is 3.09. The Kier molecular flexibility index (Phi) is 5.64. The highest BCUT2D eigenvalue weighted by molar-refractivity contribution is 5.97. The minimum atomic E-state index is 0.0386. The normalized spacial score (nSPS) is 11.3. The molecule has 0 spiro atoms. The van der Waals surface area contributed by atoms with Crippen LogP contribution in [0.5, 0.6) is 0 Å². The SMILES string of the molecule is Cc1cc(C)c(C(=O)N(Cc2nc3ccccc3n2-c2ccccc2)C(C)C)c(C)c1. The van der Waals surface area contributed by atoms with E-state index in [1.165, 1.54) is 5.56 Å². The van der Waals surface area contributed by atoms with E-state index in [9.17, 15) is 4.79 Å². The lowest BCUT2D eigenvalue weighted by molar-refractivity contribution is 0.0683. The van der Waals surface area contributed by atoms with Gasteiger partial charge in [0.15, 0.2) is 0 Å². The molecule has 0 unspecified atom stereocenters. The second kappa shape index (κ2) is 8.38. The Balaban J connectivity index is 1.81. The first kappa shape index (κ1) is 20.9. The van der Waals surface area contributed by atoms with E-state index in [2.05, 4.69) is 55.7 Å². The topological polar surface area (TPSA) is 38.1 Å². The summed E-state index contributed by atoms with van der Waals surface area (Å²) < 4.78 is 2.16. The first-order valence-electron chi connectivity index (χ1n) is 10.8. The molecule has 4 aromatic rings. The molecule has 0 atom stereocenters. The van der Waals surface area contributed by atoms with Crippen LogP contribution in [-0.2, 0) is 6.54 Å². The van der Waals surface area contributed by atoms with Crippen molar-refractivity contribution in [2.75, 3.05) is 0 Å². The standard InChI is InChI=1S/C27H29N3O/c1-18(2)29(27(31)26-20(4)15-19(3)16-21(26)5)17-25-28-23-13-9-10-14-24(23)30(25)22-11-7-6-8-12-22/h6-16,18H,17H2,1-5H3. The number of carbonyl (C=O) groups is 1. The molecule has 3 aromatic carbocycles. The molecule has 0 radical (unpaired) electrons. The largest absolute Gasteiger partial charge is 0.329 e. The third kappa shape index (κ3) is 3.98. The van der Waals surface area contributed by atoms with Gasteiger partial charge in [-0.25, -0.2) is 4.98 Å². The average molecular weight is 412 g/mol. The summed E-state index contributed by atoms with van der Waals surface area (Å²) in [6.07, 6.45) is 0. The first-order valence-corrected chi connectivity index (χ1v) is 10.8. The van der Waals surface area contributed by atoms with Gasteiger partial charge in [-0.05, 0) is 70.0 Å². The smallest absolute Gasteiger partial charge is 0.255 e. The van der Waals surface area contributed by atoms with E-state index < -0.39 is 0 Å². The number of rotatable bonds is 5. The number of benzene rings is 3. The highest BCUT2D eigenvalue weighted by Gasteiger charge is 2.25. The van der Waals surface area contributed by atoms with E-state index in [1.807, 2.05) is 55.1 Å². The highest BCUT2D eigenvalue weighted by Crippen LogP contribution is 2.25. The molecule has 158 valence electrons. The molecular formula is C27H29N3O. The van der Waals surface area contributed by atoms with Crippen molar-refractivity contribution in [1.29, 1.82) is 0 Å². The monoisotopic (exact) mass is 411 g/mol. The summed E-state index contributed by atoms with van der Waals surface area (Å²) in [5.74, 6) is 0.911. The van der Waals surface area contributed by atoms with Gasteiger partial charge in [-0.15, -0.1) is 0 Å². The van der Waals surface area contributed by atoms with Gasteiger partial charge in [0.1, 0.15) is 5.82 Å². The lowest BCUT2D eigenvalue weighted by Crippen LogP contribution is -2.38. The number of amides is 1. The van der Waals surface area contributed by atoms with Crippen molar-refractivity contribution in [3.8, 4) is 5.69 Å². The van der Waals surface area contributed by atoms with Gasteiger partial charge in [-0.1, -0.05) is 48.0 Å². The number of para-hydroxylation sites is 3. The van der Waals surface area contributed by atoms with Gasteiger partial charge in [0.2, 0.25) is 0 Å². The zero-order chi connectivity index (χ0) is 22.1. The number of carbonyl (C=O) groups excluding carboxylic acids is 1. The van der Waals surface area contributed by atoms with E-state index in [-0.39, 0.29) is 11.9 Å². The molecule has 0 aliphatic rings. The van der Waals surface area contributed by atoms with E-state index in [0.29, 0.717) is 6.54 Å². The van der Waals surface area contributed by atoms with Gasteiger partial charge in [-0.3, -0.25) is 9.36 Å². The summed E-state index contributed by atoms with van der Waals surface area (Å²) in [5.41, 5.74) is 7.03. The molecule has 4 heteroatoms. The summed E-state index contributed by atoms with van der Waals surface area (Å²) in [6.45, 7) is 10.7. The molecule has 0 saturated carbocycles. The molecule has 1 aromatic heterocycles. The number of hydrogen-bond acceptors (Lipinski definition) is 2. The van der Waals surface area contributed by atoms with Crippen molar-refractivity contribution in [2.45, 2.75) is 47.2 Å². The number of hydrogen-bond donors (Lipinski definition) is 0. The summed E-state index contributed by atoms with van der Waals surface area (Å²) in [7, 11) is 0. The Labute approximate surface area is 184 Å². The fourth-order valence-corrected chi connectivity index (χ4v) is 4.35. The molecule has 0 saturated heterocycles. The maximum absolute atomic E-state index is 13.7. The predicted molar refractivity (Wildman–Crippen MR) is 127 cm³/mol. The Morgan fingerprint density at radius 3 is 2.19 bits per heavy atom. The molecular weight excluding hydrogens is 382 g/mol. The predicted octanol–water partition coefficient (Wildman–Crippen LogP) is 6.00. The second-order valence-electron chi connectivity index (χ2n) is 8.49. The van der Waals surface area contributed by atoms with Crippen molar-refractivity contribution in [3.63, 3.8) is 0 Å². The van der Waals surface area contributed by atoms with Crippen molar-refractivity contribution in [1.82, 2.24) is 14.5 Å². The van der Waals surface area contributed by atoms with Gasteiger partial charge in [-0.2, -0.15) is 0 Å². The minimum Gasteiger partial charge on any atom is -0.329 e. The molecule has 4 rings (SSSR count). The summed E-state index contributed by atoms with van der Waals surface area (Å²) in [4.78, 5) is 20.5. The van der Waals surface area contributed by atoms with Crippen molar-refractivity contribution in [3.05, 3.63) is 94.8 Å². The van der Waals surface area contributed by atoms with Crippen molar-refractivity contribution in [2.24, 2.45) is 0 Å². The van der Waals surface area contributed by atoms with Crippen LogP contribution in [0.1, 0.15) is 46.7 Å². The third-order valence-corrected chi connectivity index (χ3v) is 5.73. The maximum atomic E-state index is 13.7. The van der Waals surface area contributed by atoms with Gasteiger partial charge in [0, 0.05) is 17.3 Å². The third-order valence-electron chi connectivity index (χ3n) is 5.73. The number of imidazole rings is 1. The van der Waals surface area contributed by atoms with Gasteiger partial charge in [0.25, 0.3) is 5.91 Å². The van der Waals surface area contributed by atoms with Crippen LogP contribution in [-0.4, -0.2) is 26.4 Å². The van der Waals surface area contributed by atoms with Crippen molar-refractivity contribution >= 4 is 16.9 Å². The number of aryl methyl sites for hydroxylation is 3. The van der Waals surface area contributed by atoms with E-state index in [0.717, 1.165) is 39.2 Å². The minimum absolute atomic E-state index is 0.0386. The molecule has 0 aliphatic carbocycles. The summed E-state index contributed by atoms with van der Waals surface area (Å²) >= 11 is 0. The molecule has 31 heavy (non-hydrogen) atoms. The summed E-state index contributed by atoms with van der Waals surface area (Å²) in [6, 6.07) is 22.5. The van der Waals surface area contributed by atoms with Crippen LogP contribution in [0.25, 0.3) is 16.7 Å². The van der Waals surface area contributed by atoms with E-state index >= 15 is 0 Å². The van der Waals surface area contributed by atoms with E-state index in [1.54, 1.807) is 0 Å². The second-order valence-corrected chi connectivity index (χ2v) is 8.49. The first-order chi connectivity index (χ1) is 14.9. The zero-order valence-electron chi connectivity index (χ0n) is 18.9. The molecule has 0 aliphatic heterocycles. The highest BCUT2D eigenvalue weighted by atomic mass is 16.2. The van der Waals surface area contributed by atoms with Crippen molar-refractivity contribution < 1.29 is 4.79 Å². The summed E-state index contributed by atoms with van der Waals surface area (Å²) in [5, 5.41) is 0. The fourth-order valence-electron chi connectivity index (χ4n) is 4.35. The lowest BCUT2D eigenvalue weighted by Gasteiger charge is -2.28. The van der Waals surface area contributed by atoms with E-state index in [4.69, 9.17) is 4.98 Å². The fraction of sp³-hybridized carbons (Fsp3) is 0.259. The molecule has 0 bridgehead atoms. The zero-order valence-corrected chi connectivity index (χ0v) is 18.9. The lowest BCUT2D eigenvalue weighted by atomic mass is 9.98. The molecule has 4 nitrogen and oxygen atoms in total. The Morgan fingerprint density at radius 2 is 1.55 bits per heavy atom. The number of nitrogens with zero attached hydrogens (tertiary/aromatic N) is 3. The van der Waals surface area contributed by atoms with Gasteiger partial charge < -0.3 is 4.90 Å². The molecule has 1 heterocycles. The Hall–Kier alpha value is -3.40. The molecule has 0 fully saturated rings. The van der Waals surface area contributed by atoms with Crippen LogP contribution in [0.4, 0.5) is 0 Å². The van der Waals surface area contributed by atoms with Crippen LogP contribution in [0, 0.1) is 20.8 Å². The Morgan fingerprint density at radius 1 is 0.935 bits per heavy atom. The number of fused-ring (bicyclic) bond motifs is 1. The molecule has 0 N–H and O–H groups in total. The van der Waals surface area contributed by atoms with Crippen LogP contribution < -0.4 is 0 Å². The Bertz CT molecular complexity index is 1220. The molecule has 1 amide bonds. The quantitative estimate of drug-likeness (QED) is 0.404. The van der Waals surface area contributed by atoms with Gasteiger partial charge >= 0.3 is 0 Å². The van der Waals surface area contributed by atoms with Crippen LogP contribution >= 0.6 is 0 Å².